The highest BCUT2D eigenvalue weighted by molar-refractivity contribution is 14.1. The topological polar surface area (TPSA) is 65.2 Å². The van der Waals surface area contributed by atoms with Crippen molar-refractivity contribution < 1.29 is 18.3 Å². The molecule has 0 amide bonds. The van der Waals surface area contributed by atoms with E-state index in [0.717, 1.165) is 0 Å². The van der Waals surface area contributed by atoms with Gasteiger partial charge in [0.25, 0.3) is 6.43 Å². The third-order valence-corrected chi connectivity index (χ3v) is 2.82. The van der Waals surface area contributed by atoms with E-state index in [1.165, 1.54) is 0 Å². The molecule has 0 aliphatic carbocycles. The number of nitrogens with zero attached hydrogens (tertiary/aromatic N) is 1. The number of carbonyl (C=O) groups is 1. The summed E-state index contributed by atoms with van der Waals surface area (Å²) >= 11 is 1.83. The standard InChI is InChI=1S/C11H13F2IN2O2/c1-2-18-9(17)4-6-3-8(14)16-10(11(12)13)7(6)5-15/h3,11H,2,4-5,15H2,1H3. The lowest BCUT2D eigenvalue weighted by molar-refractivity contribution is -0.142. The van der Waals surface area contributed by atoms with Crippen LogP contribution >= 0.6 is 22.6 Å². The second kappa shape index (κ2) is 6.93. The van der Waals surface area contributed by atoms with E-state index in [4.69, 9.17) is 10.5 Å². The third kappa shape index (κ3) is 3.84. The van der Waals surface area contributed by atoms with Crippen molar-refractivity contribution in [1.82, 2.24) is 4.98 Å². The number of carbonyl (C=O) groups excluding carboxylic acids is 1. The fourth-order valence-corrected chi connectivity index (χ4v) is 2.19. The van der Waals surface area contributed by atoms with E-state index in [9.17, 15) is 13.6 Å². The zero-order chi connectivity index (χ0) is 13.7. The summed E-state index contributed by atoms with van der Waals surface area (Å²) in [7, 11) is 0. The Bertz CT molecular complexity index is 441. The average Bonchev–Trinajstić information content (AvgIpc) is 2.28. The first-order chi connectivity index (χ1) is 8.49. The van der Waals surface area contributed by atoms with Gasteiger partial charge in [0.05, 0.1) is 13.0 Å². The van der Waals surface area contributed by atoms with Crippen molar-refractivity contribution in [2.75, 3.05) is 6.61 Å². The highest BCUT2D eigenvalue weighted by Gasteiger charge is 2.20. The molecule has 2 N–H and O–H groups in total. The van der Waals surface area contributed by atoms with E-state index in [-0.39, 0.29) is 30.8 Å². The van der Waals surface area contributed by atoms with Crippen LogP contribution in [0.25, 0.3) is 0 Å². The normalized spacial score (nSPS) is 10.8. The van der Waals surface area contributed by atoms with Gasteiger partial charge >= 0.3 is 5.97 Å². The minimum Gasteiger partial charge on any atom is -0.466 e. The smallest absolute Gasteiger partial charge is 0.310 e. The van der Waals surface area contributed by atoms with Crippen molar-refractivity contribution in [3.63, 3.8) is 0 Å². The first-order valence-electron chi connectivity index (χ1n) is 5.31. The van der Waals surface area contributed by atoms with E-state index in [1.807, 2.05) is 22.6 Å². The fraction of sp³-hybridized carbons (Fsp3) is 0.455. The Balaban J connectivity index is 3.13. The lowest BCUT2D eigenvalue weighted by atomic mass is 10.0. The zero-order valence-corrected chi connectivity index (χ0v) is 11.9. The maximum atomic E-state index is 12.8. The van der Waals surface area contributed by atoms with E-state index >= 15 is 0 Å². The van der Waals surface area contributed by atoms with Crippen LogP contribution in [0, 0.1) is 3.70 Å². The molecule has 0 unspecified atom stereocenters. The zero-order valence-electron chi connectivity index (χ0n) is 9.75. The Kier molecular flexibility index (Phi) is 5.86. The van der Waals surface area contributed by atoms with E-state index in [0.29, 0.717) is 9.26 Å². The van der Waals surface area contributed by atoms with Crippen LogP contribution in [0.1, 0.15) is 30.2 Å². The van der Waals surface area contributed by atoms with Crippen molar-refractivity contribution in [3.8, 4) is 0 Å². The predicted molar refractivity (Wildman–Crippen MR) is 70.1 cm³/mol. The van der Waals surface area contributed by atoms with Crippen LogP contribution in [-0.4, -0.2) is 17.6 Å². The molecule has 7 heteroatoms. The maximum absolute atomic E-state index is 12.8. The number of pyridine rings is 1. The Hall–Kier alpha value is -0.830. The molecule has 0 fully saturated rings. The molecule has 0 aromatic carbocycles. The molecule has 1 heterocycles. The van der Waals surface area contributed by atoms with Crippen LogP contribution in [0.2, 0.25) is 0 Å². The largest absolute Gasteiger partial charge is 0.466 e. The maximum Gasteiger partial charge on any atom is 0.310 e. The summed E-state index contributed by atoms with van der Waals surface area (Å²) in [6.45, 7) is 1.85. The molecule has 1 aromatic rings. The molecule has 100 valence electrons. The molecule has 0 aliphatic heterocycles. The van der Waals surface area contributed by atoms with Crippen LogP contribution in [0.3, 0.4) is 0 Å². The molecule has 18 heavy (non-hydrogen) atoms. The molecule has 0 bridgehead atoms. The van der Waals surface area contributed by atoms with Gasteiger partial charge in [0.2, 0.25) is 0 Å². The highest BCUT2D eigenvalue weighted by atomic mass is 127. The van der Waals surface area contributed by atoms with Crippen molar-refractivity contribution in [1.29, 1.82) is 0 Å². The number of ether oxygens (including phenoxy) is 1. The molecule has 0 radical (unpaired) electrons. The van der Waals surface area contributed by atoms with Crippen LogP contribution in [0.15, 0.2) is 6.07 Å². The van der Waals surface area contributed by atoms with Gasteiger partial charge in [0.1, 0.15) is 9.39 Å². The molecule has 0 spiro atoms. The van der Waals surface area contributed by atoms with Gasteiger partial charge in [-0.15, -0.1) is 0 Å². The lowest BCUT2D eigenvalue weighted by Gasteiger charge is -2.12. The minimum absolute atomic E-state index is 0.0708. The number of halogens is 3. The Morgan fingerprint density at radius 1 is 1.61 bits per heavy atom. The van der Waals surface area contributed by atoms with E-state index in [2.05, 4.69) is 4.98 Å². The van der Waals surface area contributed by atoms with Gasteiger partial charge in [-0.25, -0.2) is 13.8 Å². The highest BCUT2D eigenvalue weighted by Crippen LogP contribution is 2.25. The van der Waals surface area contributed by atoms with Crippen molar-refractivity contribution in [2.45, 2.75) is 26.3 Å². The second-order valence-corrected chi connectivity index (χ2v) is 4.56. The van der Waals surface area contributed by atoms with Gasteiger partial charge < -0.3 is 10.5 Å². The molecule has 0 saturated carbocycles. The van der Waals surface area contributed by atoms with Crippen LogP contribution in [0.4, 0.5) is 8.78 Å². The van der Waals surface area contributed by atoms with Crippen molar-refractivity contribution in [3.05, 3.63) is 26.6 Å². The second-order valence-electron chi connectivity index (χ2n) is 3.45. The predicted octanol–water partition coefficient (Wildman–Crippen LogP) is 2.19. The van der Waals surface area contributed by atoms with Gasteiger partial charge in [0, 0.05) is 6.54 Å². The molecule has 0 saturated heterocycles. The molecular weight excluding hydrogens is 357 g/mol. The number of esters is 1. The van der Waals surface area contributed by atoms with Crippen LogP contribution < -0.4 is 5.73 Å². The Morgan fingerprint density at radius 3 is 2.78 bits per heavy atom. The fourth-order valence-electron chi connectivity index (χ4n) is 1.55. The molecular formula is C11H13F2IN2O2. The number of aromatic nitrogens is 1. The minimum atomic E-state index is -2.71. The summed E-state index contributed by atoms with van der Waals surface area (Å²) in [6.07, 6.45) is -2.78. The molecule has 0 atom stereocenters. The van der Waals surface area contributed by atoms with E-state index in [1.54, 1.807) is 13.0 Å². The molecule has 0 aliphatic rings. The SMILES string of the molecule is CCOC(=O)Cc1cc(I)nc(C(F)F)c1CN. The number of nitrogens with two attached hydrogens (primary N) is 1. The quantitative estimate of drug-likeness (QED) is 0.490. The van der Waals surface area contributed by atoms with Crippen LogP contribution in [-0.2, 0) is 22.5 Å². The third-order valence-electron chi connectivity index (χ3n) is 2.27. The lowest BCUT2D eigenvalue weighted by Crippen LogP contribution is -2.14. The number of hydrogen-bond donors (Lipinski definition) is 1. The van der Waals surface area contributed by atoms with E-state index < -0.39 is 12.4 Å². The van der Waals surface area contributed by atoms with Gasteiger partial charge in [0.15, 0.2) is 0 Å². The first-order valence-corrected chi connectivity index (χ1v) is 6.39. The summed E-state index contributed by atoms with van der Waals surface area (Å²) in [4.78, 5) is 15.2. The van der Waals surface area contributed by atoms with Gasteiger partial charge in [-0.3, -0.25) is 4.79 Å². The van der Waals surface area contributed by atoms with Gasteiger partial charge in [-0.05, 0) is 46.7 Å². The van der Waals surface area contributed by atoms with Gasteiger partial charge in [-0.1, -0.05) is 0 Å². The number of hydrogen-bond acceptors (Lipinski definition) is 4. The Labute approximate surface area is 117 Å². The summed E-state index contributed by atoms with van der Waals surface area (Å²) in [5, 5.41) is 0. The Morgan fingerprint density at radius 2 is 2.28 bits per heavy atom. The summed E-state index contributed by atoms with van der Waals surface area (Å²) in [5.74, 6) is -0.464. The molecule has 4 nitrogen and oxygen atoms in total. The molecule has 1 rings (SSSR count). The van der Waals surface area contributed by atoms with Crippen molar-refractivity contribution in [2.24, 2.45) is 5.73 Å². The van der Waals surface area contributed by atoms with Gasteiger partial charge in [-0.2, -0.15) is 0 Å². The molecule has 1 aromatic heterocycles. The summed E-state index contributed by atoms with van der Waals surface area (Å²) in [6, 6.07) is 1.57. The summed E-state index contributed by atoms with van der Waals surface area (Å²) < 4.78 is 30.8. The number of rotatable bonds is 5. The first kappa shape index (κ1) is 15.2. The average molecular weight is 370 g/mol. The summed E-state index contributed by atoms with van der Waals surface area (Å²) in [5.41, 5.74) is 5.77. The van der Waals surface area contributed by atoms with Crippen LogP contribution in [0.5, 0.6) is 0 Å². The van der Waals surface area contributed by atoms with Crippen molar-refractivity contribution >= 4 is 28.6 Å². The monoisotopic (exact) mass is 370 g/mol. The number of alkyl halides is 2.